The Hall–Kier alpha value is -3.53. The minimum Gasteiger partial charge on any atom is -0.477 e. The summed E-state index contributed by atoms with van der Waals surface area (Å²) in [5, 5.41) is 12.3. The first-order valence-corrected chi connectivity index (χ1v) is 9.53. The number of aromatic carboxylic acids is 1. The van der Waals surface area contributed by atoms with E-state index in [-0.39, 0.29) is 28.3 Å². The van der Waals surface area contributed by atoms with Crippen LogP contribution in [0.5, 0.6) is 0 Å². The molecule has 1 fully saturated rings. The normalized spacial score (nSPS) is 16.6. The van der Waals surface area contributed by atoms with E-state index in [1.165, 1.54) is 6.07 Å². The summed E-state index contributed by atoms with van der Waals surface area (Å²) in [5.41, 5.74) is 3.65. The van der Waals surface area contributed by atoms with Crippen LogP contribution in [-0.4, -0.2) is 41.3 Å². The van der Waals surface area contributed by atoms with E-state index in [4.69, 9.17) is 5.73 Å². The summed E-state index contributed by atoms with van der Waals surface area (Å²) in [6.45, 7) is 3.45. The SMILES string of the molecule is CC1CN(c2cc3c(c(N)c2F)c(=O)c(C(=O)O)cn3-c2ccc(F)cc2F)CCN1. The first-order valence-electron chi connectivity index (χ1n) is 9.53. The highest BCUT2D eigenvalue weighted by atomic mass is 19.1. The fourth-order valence-electron chi connectivity index (χ4n) is 3.88. The largest absolute Gasteiger partial charge is 0.477 e. The number of carbonyl (C=O) groups is 1. The van der Waals surface area contributed by atoms with Crippen molar-refractivity contribution >= 4 is 28.2 Å². The van der Waals surface area contributed by atoms with E-state index in [1.807, 2.05) is 6.92 Å². The molecule has 7 nitrogen and oxygen atoms in total. The number of nitrogens with zero attached hydrogens (tertiary/aromatic N) is 2. The number of fused-ring (bicyclic) bond motifs is 1. The number of hydrogen-bond acceptors (Lipinski definition) is 5. The summed E-state index contributed by atoms with van der Waals surface area (Å²) in [6.07, 6.45) is 0.935. The monoisotopic (exact) mass is 432 g/mol. The van der Waals surface area contributed by atoms with Crippen molar-refractivity contribution in [2.45, 2.75) is 13.0 Å². The fourth-order valence-corrected chi connectivity index (χ4v) is 3.88. The van der Waals surface area contributed by atoms with E-state index in [2.05, 4.69) is 5.32 Å². The first-order chi connectivity index (χ1) is 14.7. The molecule has 0 amide bonds. The second-order valence-electron chi connectivity index (χ2n) is 7.46. The standard InChI is InChI=1S/C21H19F3N4O3/c1-10-8-27(5-4-26-10)16-7-15-17(19(25)18(16)24)20(29)12(21(30)31)9-28(15)14-3-2-11(22)6-13(14)23/h2-3,6-7,9-10,26H,4-5,8,25H2,1H3,(H,30,31). The molecule has 2 heterocycles. The number of benzene rings is 2. The first kappa shape index (κ1) is 20.7. The summed E-state index contributed by atoms with van der Waals surface area (Å²) < 4.78 is 44.3. The van der Waals surface area contributed by atoms with Crippen LogP contribution < -0.4 is 21.4 Å². The van der Waals surface area contributed by atoms with Crippen LogP contribution in [0, 0.1) is 17.5 Å². The third-order valence-electron chi connectivity index (χ3n) is 5.36. The molecule has 1 aliphatic heterocycles. The van der Waals surface area contributed by atoms with Gasteiger partial charge in [0, 0.05) is 37.9 Å². The Kier molecular flexibility index (Phi) is 5.10. The Morgan fingerprint density at radius 3 is 2.61 bits per heavy atom. The summed E-state index contributed by atoms with van der Waals surface area (Å²) in [7, 11) is 0. The smallest absolute Gasteiger partial charge is 0.341 e. The van der Waals surface area contributed by atoms with Gasteiger partial charge in [-0.2, -0.15) is 0 Å². The van der Waals surface area contributed by atoms with Crippen molar-refractivity contribution in [2.75, 3.05) is 30.3 Å². The number of anilines is 2. The molecular weight excluding hydrogens is 413 g/mol. The van der Waals surface area contributed by atoms with Gasteiger partial charge in [0.15, 0.2) is 5.82 Å². The Bertz CT molecular complexity index is 1280. The van der Waals surface area contributed by atoms with Crippen molar-refractivity contribution < 1.29 is 23.1 Å². The van der Waals surface area contributed by atoms with E-state index < -0.39 is 40.1 Å². The van der Waals surface area contributed by atoms with Crippen molar-refractivity contribution in [2.24, 2.45) is 0 Å². The second-order valence-corrected chi connectivity index (χ2v) is 7.46. The quantitative estimate of drug-likeness (QED) is 0.550. The summed E-state index contributed by atoms with van der Waals surface area (Å²) in [5.74, 6) is -4.25. The zero-order valence-electron chi connectivity index (χ0n) is 16.5. The molecule has 0 bridgehead atoms. The number of carboxylic acids is 1. The van der Waals surface area contributed by atoms with E-state index in [9.17, 15) is 23.5 Å². The van der Waals surface area contributed by atoms with Crippen LogP contribution in [0.3, 0.4) is 0 Å². The van der Waals surface area contributed by atoms with Gasteiger partial charge in [0.05, 0.1) is 28.0 Å². The van der Waals surface area contributed by atoms with Crippen LogP contribution in [0.1, 0.15) is 17.3 Å². The molecule has 0 aliphatic carbocycles. The van der Waals surface area contributed by atoms with E-state index in [1.54, 1.807) is 4.90 Å². The molecule has 1 saturated heterocycles. The van der Waals surface area contributed by atoms with Gasteiger partial charge >= 0.3 is 5.97 Å². The molecule has 0 radical (unpaired) electrons. The average Bonchev–Trinajstić information content (AvgIpc) is 2.71. The number of nitrogen functional groups attached to an aromatic ring is 1. The van der Waals surface area contributed by atoms with Gasteiger partial charge in [-0.05, 0) is 25.1 Å². The third kappa shape index (κ3) is 3.48. The van der Waals surface area contributed by atoms with Crippen LogP contribution in [0.2, 0.25) is 0 Å². The Labute approximate surface area is 174 Å². The predicted molar refractivity (Wildman–Crippen MR) is 110 cm³/mol. The van der Waals surface area contributed by atoms with Gasteiger partial charge in [0.25, 0.3) is 0 Å². The van der Waals surface area contributed by atoms with Crippen LogP contribution in [0.4, 0.5) is 24.5 Å². The minimum atomic E-state index is -1.58. The topological polar surface area (TPSA) is 101 Å². The van der Waals surface area contributed by atoms with E-state index in [0.29, 0.717) is 25.7 Å². The molecule has 1 unspecified atom stereocenters. The lowest BCUT2D eigenvalue weighted by atomic mass is 10.1. The molecule has 2 aromatic carbocycles. The number of nitrogens with two attached hydrogens (primary N) is 1. The maximum absolute atomic E-state index is 15.2. The highest BCUT2D eigenvalue weighted by Crippen LogP contribution is 2.33. The number of piperazine rings is 1. The van der Waals surface area contributed by atoms with Crippen LogP contribution in [0.15, 0.2) is 35.3 Å². The fraction of sp³-hybridized carbons (Fsp3) is 0.238. The highest BCUT2D eigenvalue weighted by molar-refractivity contribution is 6.00. The number of carboxylic acid groups (broad SMARTS) is 1. The molecule has 4 rings (SSSR count). The van der Waals surface area contributed by atoms with E-state index in [0.717, 1.165) is 22.9 Å². The van der Waals surface area contributed by atoms with Gasteiger partial charge < -0.3 is 25.6 Å². The molecular formula is C21H19F3N4O3. The molecule has 4 N–H and O–H groups in total. The number of pyridine rings is 1. The predicted octanol–water partition coefficient (Wildman–Crippen LogP) is 2.49. The van der Waals surface area contributed by atoms with Crippen molar-refractivity contribution in [3.63, 3.8) is 0 Å². The molecule has 1 aliphatic rings. The van der Waals surface area contributed by atoms with Crippen LogP contribution >= 0.6 is 0 Å². The molecule has 1 aromatic heterocycles. The van der Waals surface area contributed by atoms with Crippen LogP contribution in [-0.2, 0) is 0 Å². The maximum Gasteiger partial charge on any atom is 0.341 e. The highest BCUT2D eigenvalue weighted by Gasteiger charge is 2.26. The van der Waals surface area contributed by atoms with Gasteiger partial charge in [0.2, 0.25) is 5.43 Å². The van der Waals surface area contributed by atoms with Crippen LogP contribution in [0.25, 0.3) is 16.6 Å². The van der Waals surface area contributed by atoms with Gasteiger partial charge in [-0.3, -0.25) is 4.79 Å². The van der Waals surface area contributed by atoms with Gasteiger partial charge in [-0.25, -0.2) is 18.0 Å². The number of aromatic nitrogens is 1. The third-order valence-corrected chi connectivity index (χ3v) is 5.36. The summed E-state index contributed by atoms with van der Waals surface area (Å²) in [4.78, 5) is 26.1. The second kappa shape index (κ2) is 7.62. The van der Waals surface area contributed by atoms with Gasteiger partial charge in [-0.1, -0.05) is 0 Å². The Morgan fingerprint density at radius 2 is 1.97 bits per heavy atom. The van der Waals surface area contributed by atoms with Crippen molar-refractivity contribution in [1.29, 1.82) is 0 Å². The zero-order valence-corrected chi connectivity index (χ0v) is 16.5. The molecule has 0 saturated carbocycles. The number of halogens is 3. The summed E-state index contributed by atoms with van der Waals surface area (Å²) >= 11 is 0. The molecule has 31 heavy (non-hydrogen) atoms. The van der Waals surface area contributed by atoms with Crippen molar-refractivity contribution in [1.82, 2.24) is 9.88 Å². The van der Waals surface area contributed by atoms with Crippen molar-refractivity contribution in [3.8, 4) is 5.69 Å². The average molecular weight is 432 g/mol. The maximum atomic E-state index is 15.2. The minimum absolute atomic E-state index is 0.0144. The lowest BCUT2D eigenvalue weighted by Gasteiger charge is -2.34. The lowest BCUT2D eigenvalue weighted by molar-refractivity contribution is 0.0695. The van der Waals surface area contributed by atoms with Crippen molar-refractivity contribution in [3.05, 3.63) is 63.7 Å². The Morgan fingerprint density at radius 1 is 1.23 bits per heavy atom. The number of nitrogens with one attached hydrogen (secondary N) is 1. The summed E-state index contributed by atoms with van der Waals surface area (Å²) in [6, 6.07) is 4.14. The lowest BCUT2D eigenvalue weighted by Crippen LogP contribution is -2.49. The molecule has 0 spiro atoms. The van der Waals surface area contributed by atoms with Gasteiger partial charge in [0.1, 0.15) is 17.2 Å². The molecule has 3 aromatic rings. The Balaban J connectivity index is 2.09. The van der Waals surface area contributed by atoms with Gasteiger partial charge in [-0.15, -0.1) is 0 Å². The molecule has 10 heteroatoms. The van der Waals surface area contributed by atoms with E-state index >= 15 is 4.39 Å². The molecule has 162 valence electrons. The molecule has 1 atom stereocenters. The number of rotatable bonds is 3. The number of hydrogen-bond donors (Lipinski definition) is 3. The zero-order chi connectivity index (χ0) is 22.4.